The molecule has 3 heterocycles. The predicted octanol–water partition coefficient (Wildman–Crippen LogP) is 4.22. The molecule has 1 amide bonds. The minimum Gasteiger partial charge on any atom is -0.497 e. The van der Waals surface area contributed by atoms with Gasteiger partial charge in [-0.25, -0.2) is 4.98 Å². The van der Waals surface area contributed by atoms with Gasteiger partial charge in [0.15, 0.2) is 11.5 Å². The second kappa shape index (κ2) is 12.6. The maximum absolute atomic E-state index is 13.5. The second-order valence-corrected chi connectivity index (χ2v) is 10.9. The zero-order chi connectivity index (χ0) is 28.0. The molecule has 0 saturated carbocycles. The fourth-order valence-electron chi connectivity index (χ4n) is 5.12. The summed E-state index contributed by atoms with van der Waals surface area (Å²) in [5.41, 5.74) is 3.39. The van der Waals surface area contributed by atoms with E-state index in [1.165, 1.54) is 17.1 Å². The number of fused-ring (bicyclic) bond motifs is 1. The molecule has 4 aromatic rings. The quantitative estimate of drug-likeness (QED) is 0.280. The molecule has 0 N–H and O–H groups in total. The number of rotatable bonds is 10. The number of amides is 1. The van der Waals surface area contributed by atoms with Crippen LogP contribution in [0.2, 0.25) is 0 Å². The van der Waals surface area contributed by atoms with Gasteiger partial charge < -0.3 is 24.0 Å². The van der Waals surface area contributed by atoms with Crippen molar-refractivity contribution in [3.8, 4) is 17.2 Å². The summed E-state index contributed by atoms with van der Waals surface area (Å²) in [6.45, 7) is 4.97. The lowest BCUT2D eigenvalue weighted by Gasteiger charge is -2.35. The van der Waals surface area contributed by atoms with E-state index in [0.717, 1.165) is 59.0 Å². The lowest BCUT2D eigenvalue weighted by atomic mass is 10.1. The summed E-state index contributed by atoms with van der Waals surface area (Å²) < 4.78 is 20.9. The van der Waals surface area contributed by atoms with E-state index in [4.69, 9.17) is 19.2 Å². The highest BCUT2D eigenvalue weighted by Crippen LogP contribution is 2.33. The van der Waals surface area contributed by atoms with Gasteiger partial charge >= 0.3 is 0 Å². The molecule has 41 heavy (non-hydrogen) atoms. The predicted molar refractivity (Wildman–Crippen MR) is 158 cm³/mol. The van der Waals surface area contributed by atoms with E-state index >= 15 is 0 Å². The van der Waals surface area contributed by atoms with Crippen LogP contribution in [0.25, 0.3) is 0 Å². The van der Waals surface area contributed by atoms with Crippen LogP contribution in [-0.4, -0.2) is 71.7 Å². The zero-order valence-electron chi connectivity index (χ0n) is 23.1. The Labute approximate surface area is 244 Å². The van der Waals surface area contributed by atoms with Crippen LogP contribution in [0.1, 0.15) is 22.5 Å². The number of aromatic nitrogens is 2. The van der Waals surface area contributed by atoms with Gasteiger partial charge in [0.05, 0.1) is 13.7 Å². The number of benzene rings is 3. The molecule has 0 radical (unpaired) electrons. The van der Waals surface area contributed by atoms with Gasteiger partial charge in [-0.2, -0.15) is 4.37 Å². The Morgan fingerprint density at radius 3 is 2.56 bits per heavy atom. The van der Waals surface area contributed by atoms with E-state index in [1.54, 1.807) is 7.11 Å². The largest absolute Gasteiger partial charge is 0.497 e. The first-order chi connectivity index (χ1) is 20.1. The average Bonchev–Trinajstić information content (AvgIpc) is 3.67. The highest BCUT2D eigenvalue weighted by molar-refractivity contribution is 7.09. The van der Waals surface area contributed by atoms with Gasteiger partial charge in [0, 0.05) is 57.2 Å². The topological polar surface area (TPSA) is 80.3 Å². The molecule has 1 aromatic heterocycles. The third kappa shape index (κ3) is 6.78. The van der Waals surface area contributed by atoms with E-state index < -0.39 is 0 Å². The van der Waals surface area contributed by atoms with Gasteiger partial charge in [0.2, 0.25) is 17.8 Å². The highest BCUT2D eigenvalue weighted by atomic mass is 32.1. The SMILES string of the molecule is COc1cccc(Cc2nsc(N(CC(=O)N3CCN(Cc4ccc5c(c4)OCO5)CC3)Cc3ccccc3)n2)c1. The third-order valence-corrected chi connectivity index (χ3v) is 8.15. The normalized spacial score (nSPS) is 14.7. The van der Waals surface area contributed by atoms with Crippen molar-refractivity contribution in [3.63, 3.8) is 0 Å². The van der Waals surface area contributed by atoms with Crippen LogP contribution in [0.15, 0.2) is 72.8 Å². The number of piperazine rings is 1. The Morgan fingerprint density at radius 2 is 1.73 bits per heavy atom. The first-order valence-corrected chi connectivity index (χ1v) is 14.5. The number of carbonyl (C=O) groups is 1. The molecule has 3 aromatic carbocycles. The molecule has 0 aliphatic carbocycles. The molecule has 212 valence electrons. The number of carbonyl (C=O) groups excluding carboxylic acids is 1. The molecular formula is C31H33N5O4S. The lowest BCUT2D eigenvalue weighted by molar-refractivity contribution is -0.131. The number of hydrogen-bond acceptors (Lipinski definition) is 9. The second-order valence-electron chi connectivity index (χ2n) is 10.2. The fraction of sp³-hybridized carbons (Fsp3) is 0.323. The molecule has 6 rings (SSSR count). The first-order valence-electron chi connectivity index (χ1n) is 13.8. The van der Waals surface area contributed by atoms with Crippen molar-refractivity contribution in [1.82, 2.24) is 19.2 Å². The minimum absolute atomic E-state index is 0.105. The first kappa shape index (κ1) is 27.0. The van der Waals surface area contributed by atoms with Gasteiger partial charge in [0.25, 0.3) is 0 Å². The van der Waals surface area contributed by atoms with Crippen molar-refractivity contribution in [3.05, 3.63) is 95.3 Å². The van der Waals surface area contributed by atoms with Crippen molar-refractivity contribution >= 4 is 22.6 Å². The monoisotopic (exact) mass is 571 g/mol. The molecule has 0 unspecified atom stereocenters. The van der Waals surface area contributed by atoms with E-state index in [-0.39, 0.29) is 19.2 Å². The van der Waals surface area contributed by atoms with Crippen LogP contribution in [0.5, 0.6) is 17.2 Å². The van der Waals surface area contributed by atoms with Crippen molar-refractivity contribution in [2.75, 3.05) is 51.5 Å². The van der Waals surface area contributed by atoms with Crippen molar-refractivity contribution in [2.45, 2.75) is 19.5 Å². The summed E-state index contributed by atoms with van der Waals surface area (Å²) in [5.74, 6) is 3.25. The van der Waals surface area contributed by atoms with Crippen LogP contribution in [0.4, 0.5) is 5.13 Å². The summed E-state index contributed by atoms with van der Waals surface area (Å²) >= 11 is 1.34. The van der Waals surface area contributed by atoms with Crippen LogP contribution in [0, 0.1) is 0 Å². The number of methoxy groups -OCH3 is 1. The maximum Gasteiger partial charge on any atom is 0.242 e. The average molecular weight is 572 g/mol. The van der Waals surface area contributed by atoms with E-state index in [2.05, 4.69) is 27.5 Å². The van der Waals surface area contributed by atoms with Crippen LogP contribution < -0.4 is 19.1 Å². The number of anilines is 1. The Hall–Kier alpha value is -4.15. The van der Waals surface area contributed by atoms with Crippen molar-refractivity contribution in [2.24, 2.45) is 0 Å². The van der Waals surface area contributed by atoms with Crippen molar-refractivity contribution < 1.29 is 19.0 Å². The Balaban J connectivity index is 1.09. The van der Waals surface area contributed by atoms with Crippen LogP contribution in [0.3, 0.4) is 0 Å². The third-order valence-electron chi connectivity index (χ3n) is 7.33. The molecular weight excluding hydrogens is 538 g/mol. The van der Waals surface area contributed by atoms with Gasteiger partial charge in [-0.05, 0) is 41.0 Å². The molecule has 1 fully saturated rings. The van der Waals surface area contributed by atoms with Gasteiger partial charge in [-0.3, -0.25) is 9.69 Å². The number of hydrogen-bond donors (Lipinski definition) is 0. The van der Waals surface area contributed by atoms with Crippen molar-refractivity contribution in [1.29, 1.82) is 0 Å². The maximum atomic E-state index is 13.5. The summed E-state index contributed by atoms with van der Waals surface area (Å²) in [6, 6.07) is 24.2. The van der Waals surface area contributed by atoms with Crippen LogP contribution in [-0.2, 0) is 24.3 Å². The summed E-state index contributed by atoms with van der Waals surface area (Å²) in [6.07, 6.45) is 0.603. The summed E-state index contributed by atoms with van der Waals surface area (Å²) in [4.78, 5) is 24.7. The van der Waals surface area contributed by atoms with E-state index in [1.807, 2.05) is 64.4 Å². The van der Waals surface area contributed by atoms with Gasteiger partial charge in [0.1, 0.15) is 11.6 Å². The molecule has 0 atom stereocenters. The minimum atomic E-state index is 0.105. The zero-order valence-corrected chi connectivity index (χ0v) is 23.9. The van der Waals surface area contributed by atoms with E-state index in [0.29, 0.717) is 26.1 Å². The Bertz CT molecular complexity index is 1470. The Morgan fingerprint density at radius 1 is 0.927 bits per heavy atom. The fourth-order valence-corrected chi connectivity index (χ4v) is 5.80. The lowest BCUT2D eigenvalue weighted by Crippen LogP contribution is -2.50. The molecule has 9 nitrogen and oxygen atoms in total. The molecule has 2 aliphatic heterocycles. The highest BCUT2D eigenvalue weighted by Gasteiger charge is 2.25. The molecule has 0 bridgehead atoms. The number of nitrogens with zero attached hydrogens (tertiary/aromatic N) is 5. The smallest absolute Gasteiger partial charge is 0.242 e. The Kier molecular flexibility index (Phi) is 8.29. The van der Waals surface area contributed by atoms with E-state index in [9.17, 15) is 4.79 Å². The molecule has 10 heteroatoms. The van der Waals surface area contributed by atoms with Gasteiger partial charge in [-0.1, -0.05) is 48.5 Å². The summed E-state index contributed by atoms with van der Waals surface area (Å²) in [7, 11) is 1.66. The molecule has 0 spiro atoms. The summed E-state index contributed by atoms with van der Waals surface area (Å²) in [5, 5.41) is 0.751. The van der Waals surface area contributed by atoms with Crippen LogP contribution >= 0.6 is 11.5 Å². The molecule has 1 saturated heterocycles. The number of ether oxygens (including phenoxy) is 3. The standard InChI is InChI=1S/C31H33N5O4S/c1-38-26-9-5-8-24(16-26)18-29-32-31(41-33-29)36(20-23-6-3-2-4-7-23)21-30(37)35-14-12-34(13-15-35)19-25-10-11-27-28(17-25)40-22-39-27/h2-11,16-17H,12-15,18-22H2,1H3. The molecule has 2 aliphatic rings. The van der Waals surface area contributed by atoms with Gasteiger partial charge in [-0.15, -0.1) is 0 Å².